The lowest BCUT2D eigenvalue weighted by atomic mass is 9.90. The highest BCUT2D eigenvalue weighted by atomic mass is 32.1. The summed E-state index contributed by atoms with van der Waals surface area (Å²) in [5, 5.41) is 11.0. The van der Waals surface area contributed by atoms with Gasteiger partial charge in [0.25, 0.3) is 0 Å². The fourth-order valence-electron chi connectivity index (χ4n) is 3.39. The van der Waals surface area contributed by atoms with E-state index >= 15 is 0 Å². The van der Waals surface area contributed by atoms with Gasteiger partial charge in [-0.25, -0.2) is 9.78 Å². The van der Waals surface area contributed by atoms with Crippen molar-refractivity contribution in [1.82, 2.24) is 19.8 Å². The van der Waals surface area contributed by atoms with Gasteiger partial charge in [-0.2, -0.15) is 5.06 Å². The van der Waals surface area contributed by atoms with Crippen molar-refractivity contribution < 1.29 is 24.2 Å². The molecule has 3 rings (SSSR count). The number of amides is 2. The van der Waals surface area contributed by atoms with Gasteiger partial charge in [0.15, 0.2) is 16.8 Å². The number of guanidine groups is 1. The van der Waals surface area contributed by atoms with Gasteiger partial charge < -0.3 is 25.3 Å². The lowest BCUT2D eigenvalue weighted by molar-refractivity contribution is -0.118. The normalized spacial score (nSPS) is 17.4. The van der Waals surface area contributed by atoms with Crippen LogP contribution in [-0.2, 0) is 16.2 Å². The molecule has 1 atom stereocenters. The van der Waals surface area contributed by atoms with Crippen LogP contribution in [0.25, 0.3) is 0 Å². The van der Waals surface area contributed by atoms with Gasteiger partial charge in [-0.15, -0.1) is 17.9 Å². The first kappa shape index (κ1) is 23.0. The van der Waals surface area contributed by atoms with E-state index in [1.807, 2.05) is 0 Å². The maximum absolute atomic E-state index is 12.7. The van der Waals surface area contributed by atoms with E-state index in [1.54, 1.807) is 11.0 Å². The maximum atomic E-state index is 12.7. The SMILES string of the molecule is C=CCON1C(=O)N2Cc3nc(C(=O)CCCN([B]C=O)C(N)=NB(C)O)sc3C1C2. The largest absolute Gasteiger partial charge is 0.431 e. The first-order chi connectivity index (χ1) is 14.8. The highest BCUT2D eigenvalue weighted by Crippen LogP contribution is 2.41. The van der Waals surface area contributed by atoms with Crippen LogP contribution >= 0.6 is 11.3 Å². The molecule has 11 nitrogen and oxygen atoms in total. The van der Waals surface area contributed by atoms with Crippen LogP contribution in [0, 0.1) is 0 Å². The molecule has 2 aliphatic rings. The topological polar surface area (TPSA) is 142 Å². The number of hydroxylamine groups is 2. The second kappa shape index (κ2) is 10.1. The van der Waals surface area contributed by atoms with Crippen molar-refractivity contribution in [1.29, 1.82) is 0 Å². The third-order valence-electron chi connectivity index (χ3n) is 4.73. The van der Waals surface area contributed by atoms with E-state index in [0.29, 0.717) is 36.4 Å². The highest BCUT2D eigenvalue weighted by Gasteiger charge is 2.46. The standard InChI is InChI=1S/C17H23B2N6O5S/c1-3-7-30-25-12-9-23(17(25)28)8-11-14(12)31-15(21-11)13(27)5-4-6-24(18-10-26)16(20)22-19(2)29/h3,10,12,29H,1,4-9H2,2H3,(H2,20,22). The summed E-state index contributed by atoms with van der Waals surface area (Å²) >= 11 is 1.28. The average molecular weight is 445 g/mol. The number of thiazole rings is 1. The summed E-state index contributed by atoms with van der Waals surface area (Å²) in [4.78, 5) is 53.5. The number of nitrogens with zero attached hydrogens (tertiary/aromatic N) is 5. The Morgan fingerprint density at radius 1 is 1.61 bits per heavy atom. The Bertz CT molecular complexity index is 894. The molecular formula is C17H23B2N6O5S. The number of rotatable bonds is 11. The zero-order valence-corrected chi connectivity index (χ0v) is 18.0. The highest BCUT2D eigenvalue weighted by molar-refractivity contribution is 7.13. The third kappa shape index (κ3) is 5.14. The van der Waals surface area contributed by atoms with Crippen molar-refractivity contribution in [3.8, 4) is 0 Å². The molecule has 1 radical (unpaired) electrons. The Labute approximate surface area is 184 Å². The average Bonchev–Trinajstić information content (AvgIpc) is 3.26. The molecule has 1 aromatic heterocycles. The van der Waals surface area contributed by atoms with E-state index in [2.05, 4.69) is 16.5 Å². The molecule has 3 heterocycles. The first-order valence-corrected chi connectivity index (χ1v) is 10.6. The van der Waals surface area contributed by atoms with Crippen LogP contribution in [0.3, 0.4) is 0 Å². The molecule has 2 aliphatic heterocycles. The van der Waals surface area contributed by atoms with Crippen molar-refractivity contribution in [3.05, 3.63) is 28.2 Å². The zero-order valence-electron chi connectivity index (χ0n) is 17.1. The molecule has 31 heavy (non-hydrogen) atoms. The van der Waals surface area contributed by atoms with E-state index in [4.69, 9.17) is 10.6 Å². The minimum atomic E-state index is -1.00. The van der Waals surface area contributed by atoms with Crippen molar-refractivity contribution >= 4 is 49.8 Å². The predicted octanol–water partition coefficient (Wildman–Crippen LogP) is 0.0523. The molecule has 0 spiro atoms. The Balaban J connectivity index is 1.62. The lowest BCUT2D eigenvalue weighted by Crippen LogP contribution is -2.42. The maximum Gasteiger partial charge on any atom is 0.431 e. The monoisotopic (exact) mass is 445 g/mol. The molecule has 1 fully saturated rings. The summed E-state index contributed by atoms with van der Waals surface area (Å²) < 4.78 is 0. The molecule has 0 aromatic carbocycles. The number of nitrogens with two attached hydrogens (primary N) is 1. The quantitative estimate of drug-likeness (QED) is 0.122. The predicted molar refractivity (Wildman–Crippen MR) is 117 cm³/mol. The van der Waals surface area contributed by atoms with E-state index < -0.39 is 7.05 Å². The van der Waals surface area contributed by atoms with Crippen LogP contribution in [0.5, 0.6) is 0 Å². The molecule has 0 saturated carbocycles. The Kier molecular flexibility index (Phi) is 7.46. The number of urea groups is 1. The summed E-state index contributed by atoms with van der Waals surface area (Å²) in [6.45, 7) is 6.38. The van der Waals surface area contributed by atoms with E-state index in [1.165, 1.54) is 35.4 Å². The molecule has 0 aliphatic carbocycles. The van der Waals surface area contributed by atoms with Gasteiger partial charge in [-0.05, 0) is 13.2 Å². The van der Waals surface area contributed by atoms with Crippen molar-refractivity contribution in [2.45, 2.75) is 32.3 Å². The zero-order chi connectivity index (χ0) is 22.5. The Morgan fingerprint density at radius 3 is 3.06 bits per heavy atom. The number of hydrogen-bond donors (Lipinski definition) is 2. The minimum Gasteiger partial charge on any atom is -0.431 e. The molecule has 2 amide bonds. The van der Waals surface area contributed by atoms with Gasteiger partial charge in [0.05, 0.1) is 30.3 Å². The van der Waals surface area contributed by atoms with Crippen LogP contribution in [0.1, 0.15) is 39.3 Å². The molecule has 14 heteroatoms. The number of hydrogen-bond acceptors (Lipinski definition) is 8. The summed E-state index contributed by atoms with van der Waals surface area (Å²) in [5.41, 5.74) is 6.48. The number of fused-ring (bicyclic) bond motifs is 4. The van der Waals surface area contributed by atoms with Gasteiger partial charge in [-0.1, -0.05) is 6.08 Å². The number of ketones is 1. The summed E-state index contributed by atoms with van der Waals surface area (Å²) in [5.74, 6) is -0.138. The second-order valence-electron chi connectivity index (χ2n) is 7.04. The first-order valence-electron chi connectivity index (χ1n) is 9.77. The van der Waals surface area contributed by atoms with Crippen LogP contribution in [0.2, 0.25) is 6.82 Å². The minimum absolute atomic E-state index is 0.00591. The number of Topliss-reactive ketones (excluding diaryl/α,β-unsaturated/α-hetero) is 1. The van der Waals surface area contributed by atoms with Gasteiger partial charge >= 0.3 is 20.5 Å². The van der Waals surface area contributed by atoms with E-state index in [9.17, 15) is 19.4 Å². The van der Waals surface area contributed by atoms with Gasteiger partial charge in [0.2, 0.25) is 0 Å². The third-order valence-corrected chi connectivity index (χ3v) is 5.97. The summed E-state index contributed by atoms with van der Waals surface area (Å²) in [6.07, 6.45) is 2.73. The number of carbonyl (C=O) groups is 3. The van der Waals surface area contributed by atoms with E-state index in [0.717, 1.165) is 4.88 Å². The molecular weight excluding hydrogens is 422 g/mol. The summed E-state index contributed by atoms with van der Waals surface area (Å²) in [6, 6.07) is -0.502. The van der Waals surface area contributed by atoms with Crippen molar-refractivity contribution in [2.75, 3.05) is 19.7 Å². The summed E-state index contributed by atoms with van der Waals surface area (Å²) in [7, 11) is 0.201. The van der Waals surface area contributed by atoms with Crippen LogP contribution in [0.4, 0.5) is 4.79 Å². The van der Waals surface area contributed by atoms with Crippen LogP contribution in [0.15, 0.2) is 17.6 Å². The van der Waals surface area contributed by atoms with E-state index in [-0.39, 0.29) is 43.4 Å². The van der Waals surface area contributed by atoms with Crippen LogP contribution < -0.4 is 5.73 Å². The van der Waals surface area contributed by atoms with Crippen LogP contribution in [-0.4, -0.2) is 82.9 Å². The van der Waals surface area contributed by atoms with Gasteiger partial charge in [-0.3, -0.25) is 14.5 Å². The fraction of sp³-hybridized carbons (Fsp3) is 0.471. The smallest absolute Gasteiger partial charge is 0.431 e. The fourth-order valence-corrected chi connectivity index (χ4v) is 4.51. The molecule has 163 valence electrons. The second-order valence-corrected chi connectivity index (χ2v) is 8.07. The Hall–Kier alpha value is -2.70. The van der Waals surface area contributed by atoms with Gasteiger partial charge in [0.1, 0.15) is 12.2 Å². The Morgan fingerprint density at radius 2 is 2.39 bits per heavy atom. The molecule has 1 unspecified atom stereocenters. The number of carbonyl (C=O) groups excluding carboxylic acids is 3. The van der Waals surface area contributed by atoms with Crippen molar-refractivity contribution in [2.24, 2.45) is 10.6 Å². The molecule has 2 bridgehead atoms. The molecule has 1 aromatic rings. The molecule has 1 saturated heterocycles. The molecule has 3 N–H and O–H groups in total. The lowest BCUT2D eigenvalue weighted by Gasteiger charge is -2.21. The van der Waals surface area contributed by atoms with Crippen molar-refractivity contribution in [3.63, 3.8) is 0 Å². The number of aromatic nitrogens is 1. The van der Waals surface area contributed by atoms with Gasteiger partial charge in [0, 0.05) is 13.0 Å².